The van der Waals surface area contributed by atoms with Crippen molar-refractivity contribution in [3.63, 3.8) is 0 Å². The minimum Gasteiger partial charge on any atom is -0.480 e. The quantitative estimate of drug-likeness (QED) is 0.892. The van der Waals surface area contributed by atoms with Gasteiger partial charge < -0.3 is 5.11 Å². The summed E-state index contributed by atoms with van der Waals surface area (Å²) in [5.41, 5.74) is 0.200. The van der Waals surface area contributed by atoms with E-state index < -0.39 is 23.8 Å². The van der Waals surface area contributed by atoms with Crippen LogP contribution in [0.2, 0.25) is 0 Å². The zero-order chi connectivity index (χ0) is 15.5. The van der Waals surface area contributed by atoms with Crippen LogP contribution in [0.4, 0.5) is 13.2 Å². The van der Waals surface area contributed by atoms with E-state index in [1.54, 1.807) is 0 Å². The predicted octanol–water partition coefficient (Wildman–Crippen LogP) is 3.61. The molecule has 7 heteroatoms. The third-order valence-electron chi connectivity index (χ3n) is 3.84. The van der Waals surface area contributed by atoms with Crippen LogP contribution in [-0.4, -0.2) is 35.1 Å². The lowest BCUT2D eigenvalue weighted by molar-refractivity contribution is -0.142. The van der Waals surface area contributed by atoms with Crippen LogP contribution in [0.25, 0.3) is 0 Å². The molecular formula is C15H19ClF3NO2. The number of rotatable bonds is 5. The fraction of sp³-hybridized carbons (Fsp3) is 0.533. The average molecular weight is 338 g/mol. The Morgan fingerprint density at radius 3 is 2.45 bits per heavy atom. The van der Waals surface area contributed by atoms with E-state index in [0.29, 0.717) is 19.4 Å². The Labute approximate surface area is 133 Å². The van der Waals surface area contributed by atoms with Crippen molar-refractivity contribution in [1.29, 1.82) is 0 Å². The van der Waals surface area contributed by atoms with Crippen molar-refractivity contribution in [3.05, 3.63) is 35.4 Å². The van der Waals surface area contributed by atoms with E-state index in [1.807, 2.05) is 4.90 Å². The van der Waals surface area contributed by atoms with Gasteiger partial charge in [-0.2, -0.15) is 13.2 Å². The molecule has 1 unspecified atom stereocenters. The number of carboxylic acids is 1. The van der Waals surface area contributed by atoms with Gasteiger partial charge in [0.15, 0.2) is 0 Å². The number of nitrogens with zero attached hydrogens (tertiary/aromatic N) is 1. The number of aliphatic carboxylic acids is 1. The van der Waals surface area contributed by atoms with Crippen molar-refractivity contribution in [1.82, 2.24) is 4.90 Å². The number of hydrogen-bond acceptors (Lipinski definition) is 2. The van der Waals surface area contributed by atoms with Crippen LogP contribution in [0.15, 0.2) is 24.3 Å². The lowest BCUT2D eigenvalue weighted by Crippen LogP contribution is -2.36. The van der Waals surface area contributed by atoms with Crippen molar-refractivity contribution in [2.45, 2.75) is 37.9 Å². The molecule has 1 atom stereocenters. The molecule has 0 amide bonds. The predicted molar refractivity (Wildman–Crippen MR) is 79.2 cm³/mol. The van der Waals surface area contributed by atoms with Gasteiger partial charge in [-0.05, 0) is 56.5 Å². The molecule has 1 fully saturated rings. The zero-order valence-corrected chi connectivity index (χ0v) is 12.8. The first-order valence-corrected chi connectivity index (χ1v) is 7.01. The van der Waals surface area contributed by atoms with E-state index in [2.05, 4.69) is 0 Å². The van der Waals surface area contributed by atoms with Gasteiger partial charge in [-0.1, -0.05) is 12.1 Å². The maximum absolute atomic E-state index is 12.4. The lowest BCUT2D eigenvalue weighted by Gasteiger charge is -2.20. The Balaban J connectivity index is 0.00000242. The molecule has 0 aromatic heterocycles. The van der Waals surface area contributed by atoms with Gasteiger partial charge in [-0.3, -0.25) is 9.69 Å². The van der Waals surface area contributed by atoms with Crippen LogP contribution in [0.1, 0.15) is 30.4 Å². The van der Waals surface area contributed by atoms with Crippen LogP contribution in [0.3, 0.4) is 0 Å². The summed E-state index contributed by atoms with van der Waals surface area (Å²) in [6, 6.07) is 4.75. The SMILES string of the molecule is Cl.O=C(O)C1CCCN1CCCc1ccc(C(F)(F)F)cc1. The molecule has 3 nitrogen and oxygen atoms in total. The van der Waals surface area contributed by atoms with E-state index >= 15 is 0 Å². The molecule has 1 aliphatic rings. The monoisotopic (exact) mass is 337 g/mol. The van der Waals surface area contributed by atoms with Crippen LogP contribution in [-0.2, 0) is 17.4 Å². The molecule has 0 aliphatic carbocycles. The lowest BCUT2D eigenvalue weighted by atomic mass is 10.1. The summed E-state index contributed by atoms with van der Waals surface area (Å²) in [6.45, 7) is 1.45. The number of likely N-dealkylation sites (tertiary alicyclic amines) is 1. The van der Waals surface area contributed by atoms with Gasteiger partial charge in [-0.25, -0.2) is 0 Å². The smallest absolute Gasteiger partial charge is 0.416 e. The first-order chi connectivity index (χ1) is 9.88. The Hall–Kier alpha value is -1.27. The van der Waals surface area contributed by atoms with E-state index in [9.17, 15) is 18.0 Å². The maximum atomic E-state index is 12.4. The number of benzene rings is 1. The maximum Gasteiger partial charge on any atom is 0.416 e. The molecule has 1 aromatic carbocycles. The number of aryl methyl sites for hydroxylation is 1. The van der Waals surface area contributed by atoms with Gasteiger partial charge in [-0.15, -0.1) is 12.4 Å². The number of alkyl halides is 3. The number of carboxylic acid groups (broad SMARTS) is 1. The van der Waals surface area contributed by atoms with Crippen molar-refractivity contribution < 1.29 is 23.1 Å². The summed E-state index contributed by atoms with van der Waals surface area (Å²) in [6.07, 6.45) is -1.34. The fourth-order valence-electron chi connectivity index (χ4n) is 2.72. The Morgan fingerprint density at radius 1 is 1.27 bits per heavy atom. The van der Waals surface area contributed by atoms with Gasteiger partial charge in [0.05, 0.1) is 5.56 Å². The highest BCUT2D eigenvalue weighted by atomic mass is 35.5. The standard InChI is InChI=1S/C15H18F3NO2.ClH/c16-15(17,18)12-7-5-11(6-8-12)3-1-9-19-10-2-4-13(19)14(20)21;/h5-8,13H,1-4,9-10H2,(H,20,21);1H. The fourth-order valence-corrected chi connectivity index (χ4v) is 2.72. The summed E-state index contributed by atoms with van der Waals surface area (Å²) in [4.78, 5) is 13.0. The second kappa shape index (κ2) is 7.83. The van der Waals surface area contributed by atoms with Crippen molar-refractivity contribution >= 4 is 18.4 Å². The Bertz CT molecular complexity index is 491. The minimum atomic E-state index is -4.30. The first kappa shape index (κ1) is 18.8. The third kappa shape index (κ3) is 4.88. The summed E-state index contributed by atoms with van der Waals surface area (Å²) in [5.74, 6) is -0.790. The van der Waals surface area contributed by atoms with E-state index in [-0.39, 0.29) is 12.4 Å². The molecule has 1 aromatic rings. The highest BCUT2D eigenvalue weighted by Gasteiger charge is 2.30. The zero-order valence-electron chi connectivity index (χ0n) is 12.0. The largest absolute Gasteiger partial charge is 0.480 e. The van der Waals surface area contributed by atoms with Gasteiger partial charge in [0.2, 0.25) is 0 Å². The van der Waals surface area contributed by atoms with Crippen molar-refractivity contribution in [2.75, 3.05) is 13.1 Å². The number of carbonyl (C=O) groups is 1. The molecule has 0 spiro atoms. The molecule has 1 N–H and O–H groups in total. The first-order valence-electron chi connectivity index (χ1n) is 7.01. The number of halogens is 4. The molecule has 124 valence electrons. The van der Waals surface area contributed by atoms with Crippen molar-refractivity contribution in [3.8, 4) is 0 Å². The molecule has 2 rings (SSSR count). The second-order valence-electron chi connectivity index (χ2n) is 5.33. The third-order valence-corrected chi connectivity index (χ3v) is 3.84. The molecule has 1 heterocycles. The van der Waals surface area contributed by atoms with Crippen LogP contribution in [0, 0.1) is 0 Å². The normalized spacial score (nSPS) is 19.0. The Kier molecular flexibility index (Phi) is 6.68. The topological polar surface area (TPSA) is 40.5 Å². The van der Waals surface area contributed by atoms with Crippen LogP contribution >= 0.6 is 12.4 Å². The van der Waals surface area contributed by atoms with E-state index in [0.717, 1.165) is 37.1 Å². The van der Waals surface area contributed by atoms with Gasteiger partial charge in [0.25, 0.3) is 0 Å². The highest BCUT2D eigenvalue weighted by molar-refractivity contribution is 5.85. The molecule has 22 heavy (non-hydrogen) atoms. The molecular weight excluding hydrogens is 319 g/mol. The molecule has 0 radical (unpaired) electrons. The minimum absolute atomic E-state index is 0. The second-order valence-corrected chi connectivity index (χ2v) is 5.33. The molecule has 1 saturated heterocycles. The Morgan fingerprint density at radius 2 is 1.91 bits per heavy atom. The average Bonchev–Trinajstić information content (AvgIpc) is 2.87. The van der Waals surface area contributed by atoms with Gasteiger partial charge in [0.1, 0.15) is 6.04 Å². The summed E-state index contributed by atoms with van der Waals surface area (Å²) >= 11 is 0. The molecule has 1 aliphatic heterocycles. The number of hydrogen-bond donors (Lipinski definition) is 1. The summed E-state index contributed by atoms with van der Waals surface area (Å²) in [5, 5.41) is 9.06. The van der Waals surface area contributed by atoms with Crippen LogP contribution in [0.5, 0.6) is 0 Å². The van der Waals surface area contributed by atoms with Gasteiger partial charge >= 0.3 is 12.1 Å². The summed E-state index contributed by atoms with van der Waals surface area (Å²) < 4.78 is 37.3. The van der Waals surface area contributed by atoms with Gasteiger partial charge in [0, 0.05) is 0 Å². The van der Waals surface area contributed by atoms with Crippen LogP contribution < -0.4 is 0 Å². The van der Waals surface area contributed by atoms with E-state index in [4.69, 9.17) is 5.11 Å². The summed E-state index contributed by atoms with van der Waals surface area (Å²) in [7, 11) is 0. The molecule has 0 bridgehead atoms. The van der Waals surface area contributed by atoms with Crippen molar-refractivity contribution in [2.24, 2.45) is 0 Å². The highest BCUT2D eigenvalue weighted by Crippen LogP contribution is 2.29. The molecule has 0 saturated carbocycles. The van der Waals surface area contributed by atoms with E-state index in [1.165, 1.54) is 12.1 Å².